The van der Waals surface area contributed by atoms with Crippen LogP contribution in [0.4, 0.5) is 5.69 Å². The van der Waals surface area contributed by atoms with Crippen molar-refractivity contribution >= 4 is 23.5 Å². The van der Waals surface area contributed by atoms with E-state index in [0.29, 0.717) is 19.6 Å². The first kappa shape index (κ1) is 26.2. The third kappa shape index (κ3) is 5.01. The van der Waals surface area contributed by atoms with Crippen LogP contribution in [0.25, 0.3) is 0 Å². The van der Waals surface area contributed by atoms with Gasteiger partial charge in [0.1, 0.15) is 5.70 Å². The largest absolute Gasteiger partial charge is 0.385 e. The lowest BCUT2D eigenvalue weighted by molar-refractivity contribution is -0.384. The van der Waals surface area contributed by atoms with E-state index in [1.54, 1.807) is 12.4 Å². The molecule has 0 spiro atoms. The smallest absolute Gasteiger partial charge is 0.362 e. The van der Waals surface area contributed by atoms with Crippen molar-refractivity contribution in [2.24, 2.45) is 17.8 Å². The number of aromatic nitrogens is 1. The van der Waals surface area contributed by atoms with E-state index in [4.69, 9.17) is 4.74 Å². The van der Waals surface area contributed by atoms with Crippen molar-refractivity contribution in [3.8, 4) is 0 Å². The number of benzene rings is 1. The van der Waals surface area contributed by atoms with E-state index in [1.165, 1.54) is 29.2 Å². The van der Waals surface area contributed by atoms with Crippen molar-refractivity contribution in [3.05, 3.63) is 81.3 Å². The summed E-state index contributed by atoms with van der Waals surface area (Å²) in [6.45, 7) is 9.77. The van der Waals surface area contributed by atoms with Crippen molar-refractivity contribution in [2.45, 2.75) is 40.3 Å². The van der Waals surface area contributed by atoms with E-state index in [2.05, 4.69) is 9.88 Å². The normalized spacial score (nSPS) is 20.8. The second-order valence-electron chi connectivity index (χ2n) is 9.77. The molecule has 0 radical (unpaired) electrons. The molecule has 2 aliphatic rings. The summed E-state index contributed by atoms with van der Waals surface area (Å²) < 4.78 is 5.20. The summed E-state index contributed by atoms with van der Waals surface area (Å²) >= 11 is 0. The molecule has 1 aromatic carbocycles. The zero-order valence-corrected chi connectivity index (χ0v) is 21.3. The topological polar surface area (TPSA) is 123 Å². The number of esters is 2. The Hall–Kier alpha value is -3.92. The monoisotopic (exact) mass is 506 g/mol. The highest BCUT2D eigenvalue weighted by Gasteiger charge is 2.59. The minimum atomic E-state index is -0.930. The first-order valence-corrected chi connectivity index (χ1v) is 12.3. The van der Waals surface area contributed by atoms with Gasteiger partial charge >= 0.3 is 11.9 Å². The number of β-lactam (4-membered cyclic amide) rings is 1. The molecule has 1 amide bonds. The van der Waals surface area contributed by atoms with E-state index < -0.39 is 16.9 Å². The fourth-order valence-electron chi connectivity index (χ4n) is 5.21. The van der Waals surface area contributed by atoms with E-state index in [0.717, 1.165) is 11.1 Å². The molecule has 1 fully saturated rings. The van der Waals surface area contributed by atoms with Crippen LogP contribution in [0.3, 0.4) is 0 Å². The standard InChI is InChI=1S/C27H30N4O6/c1-5-29(14-18-10-12-28-13-11-18)15-21-17(4)23-22(16(2)3)25(32)30(23)24(21)27(34)37-26(33)19-6-8-20(9-7-19)31(35)36/h6-13,16-17,22-23H,5,14-15H2,1-4H3/t17-,22+,23+/m0/s1. The van der Waals surface area contributed by atoms with Crippen LogP contribution in [-0.4, -0.2) is 56.7 Å². The van der Waals surface area contributed by atoms with Crippen LogP contribution < -0.4 is 0 Å². The lowest BCUT2D eigenvalue weighted by Gasteiger charge is -2.47. The zero-order valence-electron chi connectivity index (χ0n) is 21.3. The van der Waals surface area contributed by atoms with Gasteiger partial charge in [0.2, 0.25) is 5.91 Å². The molecule has 0 bridgehead atoms. The number of fused-ring (bicyclic) bond motifs is 1. The number of rotatable bonds is 9. The molecule has 1 saturated heterocycles. The number of hydrogen-bond acceptors (Lipinski definition) is 8. The van der Waals surface area contributed by atoms with E-state index in [1.807, 2.05) is 39.8 Å². The van der Waals surface area contributed by atoms with E-state index >= 15 is 0 Å². The molecular formula is C27H30N4O6. The zero-order chi connectivity index (χ0) is 26.9. The Labute approximate surface area is 215 Å². The summed E-state index contributed by atoms with van der Waals surface area (Å²) in [4.78, 5) is 57.2. The van der Waals surface area contributed by atoms with Crippen LogP contribution in [0.15, 0.2) is 60.1 Å². The Kier molecular flexibility index (Phi) is 7.49. The maximum absolute atomic E-state index is 13.4. The van der Waals surface area contributed by atoms with Crippen molar-refractivity contribution in [3.63, 3.8) is 0 Å². The first-order chi connectivity index (χ1) is 17.6. The van der Waals surface area contributed by atoms with Gasteiger partial charge in [0.05, 0.1) is 22.4 Å². The van der Waals surface area contributed by atoms with Gasteiger partial charge in [-0.1, -0.05) is 27.7 Å². The maximum Gasteiger partial charge on any atom is 0.362 e. The molecule has 10 nitrogen and oxygen atoms in total. The fourth-order valence-corrected chi connectivity index (χ4v) is 5.21. The Morgan fingerprint density at radius 2 is 1.76 bits per heavy atom. The summed E-state index contributed by atoms with van der Waals surface area (Å²) in [7, 11) is 0. The third-order valence-electron chi connectivity index (χ3n) is 7.20. The number of carbonyl (C=O) groups is 3. The number of carbonyl (C=O) groups excluding carboxylic acids is 3. The lowest BCUT2D eigenvalue weighted by Crippen LogP contribution is -2.62. The number of hydrogen-bond donors (Lipinski definition) is 0. The molecule has 1 aromatic heterocycles. The number of ether oxygens (including phenoxy) is 1. The Morgan fingerprint density at radius 1 is 1.11 bits per heavy atom. The van der Waals surface area contributed by atoms with Gasteiger partial charge in [0, 0.05) is 43.5 Å². The molecule has 0 saturated carbocycles. The molecule has 194 valence electrons. The van der Waals surface area contributed by atoms with Crippen LogP contribution in [0, 0.1) is 27.9 Å². The van der Waals surface area contributed by atoms with E-state index in [-0.39, 0.29) is 46.7 Å². The second-order valence-corrected chi connectivity index (χ2v) is 9.77. The van der Waals surface area contributed by atoms with Gasteiger partial charge in [-0.3, -0.25) is 24.8 Å². The van der Waals surface area contributed by atoms with Crippen LogP contribution in [0.1, 0.15) is 43.6 Å². The SMILES string of the molecule is CCN(CC1=C(C(=O)OC(=O)c2ccc([N+](=O)[O-])cc2)N2C(=O)[C@H](C(C)C)[C@H]2[C@H]1C)Cc1ccncc1. The molecule has 10 heteroatoms. The summed E-state index contributed by atoms with van der Waals surface area (Å²) in [5.74, 6) is -2.16. The molecule has 3 heterocycles. The molecule has 4 rings (SSSR count). The summed E-state index contributed by atoms with van der Waals surface area (Å²) in [5.41, 5.74) is 1.79. The minimum Gasteiger partial charge on any atom is -0.385 e. The predicted molar refractivity (Wildman–Crippen MR) is 134 cm³/mol. The molecule has 2 aliphatic heterocycles. The number of likely N-dealkylation sites (N-methyl/N-ethyl adjacent to an activating group) is 1. The number of nitro groups is 1. The van der Waals surface area contributed by atoms with Gasteiger partial charge in [-0.05, 0) is 47.9 Å². The molecule has 0 N–H and O–H groups in total. The summed E-state index contributed by atoms with van der Waals surface area (Å²) in [6, 6.07) is 8.50. The highest BCUT2D eigenvalue weighted by molar-refractivity contribution is 6.06. The average Bonchev–Trinajstić information content (AvgIpc) is 3.11. The van der Waals surface area contributed by atoms with Crippen molar-refractivity contribution < 1.29 is 24.0 Å². The van der Waals surface area contributed by atoms with Crippen molar-refractivity contribution in [2.75, 3.05) is 13.1 Å². The van der Waals surface area contributed by atoms with Crippen molar-refractivity contribution in [1.82, 2.24) is 14.8 Å². The Balaban J connectivity index is 1.61. The number of nitro benzene ring substituents is 1. The average molecular weight is 507 g/mol. The first-order valence-electron chi connectivity index (χ1n) is 12.3. The highest BCUT2D eigenvalue weighted by Crippen LogP contribution is 2.48. The second kappa shape index (κ2) is 10.6. The molecule has 3 atom stereocenters. The molecule has 37 heavy (non-hydrogen) atoms. The number of amides is 1. The van der Waals surface area contributed by atoms with Gasteiger partial charge < -0.3 is 9.64 Å². The lowest BCUT2D eigenvalue weighted by atomic mass is 9.74. The Morgan fingerprint density at radius 3 is 2.32 bits per heavy atom. The van der Waals surface area contributed by atoms with Gasteiger partial charge in [-0.2, -0.15) is 0 Å². The Bertz CT molecular complexity index is 1240. The van der Waals surface area contributed by atoms with Gasteiger partial charge in [-0.15, -0.1) is 0 Å². The van der Waals surface area contributed by atoms with Crippen LogP contribution in [-0.2, 0) is 20.9 Å². The fraction of sp³-hybridized carbons (Fsp3) is 0.407. The minimum absolute atomic E-state index is 0.00607. The summed E-state index contributed by atoms with van der Waals surface area (Å²) in [6.07, 6.45) is 3.45. The quantitative estimate of drug-likeness (QED) is 0.166. The molecule has 0 unspecified atom stereocenters. The predicted octanol–water partition coefficient (Wildman–Crippen LogP) is 3.58. The summed E-state index contributed by atoms with van der Waals surface area (Å²) in [5, 5.41) is 10.9. The van der Waals surface area contributed by atoms with Crippen LogP contribution >= 0.6 is 0 Å². The van der Waals surface area contributed by atoms with Crippen LogP contribution in [0.5, 0.6) is 0 Å². The number of pyridine rings is 1. The van der Waals surface area contributed by atoms with Gasteiger partial charge in [0.15, 0.2) is 0 Å². The third-order valence-corrected chi connectivity index (χ3v) is 7.20. The highest BCUT2D eigenvalue weighted by atomic mass is 16.6. The number of nitrogens with zero attached hydrogens (tertiary/aromatic N) is 4. The number of non-ortho nitro benzene ring substituents is 1. The molecule has 0 aliphatic carbocycles. The van der Waals surface area contributed by atoms with Crippen molar-refractivity contribution in [1.29, 1.82) is 0 Å². The molecule has 2 aromatic rings. The maximum atomic E-state index is 13.4. The van der Waals surface area contributed by atoms with Crippen LogP contribution in [0.2, 0.25) is 0 Å². The van der Waals surface area contributed by atoms with E-state index in [9.17, 15) is 24.5 Å². The molecular weight excluding hydrogens is 476 g/mol. The van der Waals surface area contributed by atoms with Gasteiger partial charge in [0.25, 0.3) is 5.69 Å². The van der Waals surface area contributed by atoms with Gasteiger partial charge in [-0.25, -0.2) is 9.59 Å².